The lowest BCUT2D eigenvalue weighted by Crippen LogP contribution is -2.44. The number of hydrogen-bond acceptors (Lipinski definition) is 5. The Kier molecular flexibility index (Phi) is 4.08. The second kappa shape index (κ2) is 5.77. The van der Waals surface area contributed by atoms with Gasteiger partial charge in [-0.15, -0.1) is 10.2 Å². The van der Waals surface area contributed by atoms with E-state index in [0.29, 0.717) is 5.82 Å². The average Bonchev–Trinajstić information content (AvgIpc) is 2.82. The molecule has 2 aromatic rings. The van der Waals surface area contributed by atoms with Gasteiger partial charge in [0.15, 0.2) is 11.5 Å². The zero-order chi connectivity index (χ0) is 13.8. The molecule has 0 spiro atoms. The first kappa shape index (κ1) is 13.4. The summed E-state index contributed by atoms with van der Waals surface area (Å²) in [6, 6.07) is 4.64. The lowest BCUT2D eigenvalue weighted by atomic mass is 10.2. The Balaban J connectivity index is 2.12. The summed E-state index contributed by atoms with van der Waals surface area (Å²) in [7, 11) is 1.50. The first-order chi connectivity index (χ1) is 9.13. The summed E-state index contributed by atoms with van der Waals surface area (Å²) in [5.74, 6) is 0.385. The topological polar surface area (TPSA) is 94.5 Å². The largest absolute Gasteiger partial charge is 0.383 e. The monoisotopic (exact) mass is 263 g/mol. The number of hydrogen-bond donors (Lipinski definition) is 2. The molecule has 0 aliphatic rings. The summed E-state index contributed by atoms with van der Waals surface area (Å²) in [5, 5.41) is 10.9. The Morgan fingerprint density at radius 3 is 3.05 bits per heavy atom. The first-order valence-corrected chi connectivity index (χ1v) is 5.98. The quantitative estimate of drug-likeness (QED) is 0.784. The van der Waals surface area contributed by atoms with E-state index < -0.39 is 6.04 Å². The van der Waals surface area contributed by atoms with Gasteiger partial charge in [-0.3, -0.25) is 9.20 Å². The molecular formula is C12H17N5O2. The van der Waals surface area contributed by atoms with E-state index in [9.17, 15) is 4.79 Å². The summed E-state index contributed by atoms with van der Waals surface area (Å²) < 4.78 is 6.67. The molecule has 102 valence electrons. The smallest absolute Gasteiger partial charge is 0.239 e. The van der Waals surface area contributed by atoms with Gasteiger partial charge in [-0.25, -0.2) is 0 Å². The van der Waals surface area contributed by atoms with Crippen molar-refractivity contribution in [3.05, 3.63) is 30.2 Å². The maximum atomic E-state index is 11.8. The normalized spacial score (nSPS) is 14.3. The van der Waals surface area contributed by atoms with Gasteiger partial charge in [0.1, 0.15) is 6.04 Å². The van der Waals surface area contributed by atoms with E-state index >= 15 is 0 Å². The number of aromatic nitrogens is 3. The molecule has 7 nitrogen and oxygen atoms in total. The Hall–Kier alpha value is -1.99. The Bertz CT molecular complexity index is 568. The second-order valence-electron chi connectivity index (χ2n) is 4.28. The SMILES string of the molecule is COCC(N)C(=O)NC(C)c1nnc2ccccn12. The van der Waals surface area contributed by atoms with E-state index in [1.54, 1.807) is 0 Å². The fourth-order valence-electron chi connectivity index (χ4n) is 1.80. The van der Waals surface area contributed by atoms with Gasteiger partial charge in [0.2, 0.25) is 5.91 Å². The molecule has 0 saturated carbocycles. The highest BCUT2D eigenvalue weighted by molar-refractivity contribution is 5.81. The molecule has 0 saturated heterocycles. The number of methoxy groups -OCH3 is 1. The molecule has 2 atom stereocenters. The van der Waals surface area contributed by atoms with Crippen LogP contribution >= 0.6 is 0 Å². The number of fused-ring (bicyclic) bond motifs is 1. The number of amides is 1. The van der Waals surface area contributed by atoms with Crippen molar-refractivity contribution in [3.8, 4) is 0 Å². The van der Waals surface area contributed by atoms with E-state index in [0.717, 1.165) is 5.65 Å². The second-order valence-corrected chi connectivity index (χ2v) is 4.28. The van der Waals surface area contributed by atoms with Gasteiger partial charge < -0.3 is 15.8 Å². The van der Waals surface area contributed by atoms with Crippen LogP contribution in [0.2, 0.25) is 0 Å². The van der Waals surface area contributed by atoms with Crippen LogP contribution in [-0.2, 0) is 9.53 Å². The van der Waals surface area contributed by atoms with Gasteiger partial charge >= 0.3 is 0 Å². The molecule has 0 bridgehead atoms. The van der Waals surface area contributed by atoms with Crippen molar-refractivity contribution >= 4 is 11.6 Å². The minimum absolute atomic E-state index is 0.180. The fraction of sp³-hybridized carbons (Fsp3) is 0.417. The van der Waals surface area contributed by atoms with E-state index in [4.69, 9.17) is 10.5 Å². The highest BCUT2D eigenvalue weighted by atomic mass is 16.5. The molecule has 0 aliphatic heterocycles. The van der Waals surface area contributed by atoms with Gasteiger partial charge in [0.25, 0.3) is 0 Å². The van der Waals surface area contributed by atoms with E-state index in [1.165, 1.54) is 7.11 Å². The predicted octanol–water partition coefficient (Wildman–Crippen LogP) is -0.120. The van der Waals surface area contributed by atoms with Crippen molar-refractivity contribution in [1.29, 1.82) is 0 Å². The van der Waals surface area contributed by atoms with Gasteiger partial charge in [-0.1, -0.05) is 6.07 Å². The summed E-state index contributed by atoms with van der Waals surface area (Å²) in [4.78, 5) is 11.8. The number of ether oxygens (including phenoxy) is 1. The molecule has 2 heterocycles. The highest BCUT2D eigenvalue weighted by Gasteiger charge is 2.19. The molecule has 7 heteroatoms. The zero-order valence-corrected chi connectivity index (χ0v) is 10.9. The Morgan fingerprint density at radius 1 is 1.53 bits per heavy atom. The van der Waals surface area contributed by atoms with E-state index in [2.05, 4.69) is 15.5 Å². The third-order valence-electron chi connectivity index (χ3n) is 2.77. The number of rotatable bonds is 5. The van der Waals surface area contributed by atoms with Crippen LogP contribution in [0.1, 0.15) is 18.8 Å². The molecule has 0 radical (unpaired) electrons. The van der Waals surface area contributed by atoms with Gasteiger partial charge in [-0.05, 0) is 19.1 Å². The van der Waals surface area contributed by atoms with Crippen LogP contribution < -0.4 is 11.1 Å². The molecule has 19 heavy (non-hydrogen) atoms. The van der Waals surface area contributed by atoms with Crippen LogP contribution in [0, 0.1) is 0 Å². The minimum atomic E-state index is -0.688. The molecule has 0 fully saturated rings. The molecule has 0 aromatic carbocycles. The molecule has 2 unspecified atom stereocenters. The minimum Gasteiger partial charge on any atom is -0.383 e. The number of pyridine rings is 1. The van der Waals surface area contributed by atoms with Gasteiger partial charge in [-0.2, -0.15) is 0 Å². The third kappa shape index (κ3) is 2.88. The summed E-state index contributed by atoms with van der Waals surface area (Å²) in [5.41, 5.74) is 6.40. The Labute approximate surface area is 110 Å². The molecule has 3 N–H and O–H groups in total. The lowest BCUT2D eigenvalue weighted by molar-refractivity contribution is -0.124. The number of nitrogens with zero attached hydrogens (tertiary/aromatic N) is 3. The lowest BCUT2D eigenvalue weighted by Gasteiger charge is -2.15. The molecule has 0 aliphatic carbocycles. The van der Waals surface area contributed by atoms with Crippen molar-refractivity contribution in [2.75, 3.05) is 13.7 Å². The molecule has 1 amide bonds. The van der Waals surface area contributed by atoms with Crippen molar-refractivity contribution in [3.63, 3.8) is 0 Å². The van der Waals surface area contributed by atoms with Crippen molar-refractivity contribution in [2.45, 2.75) is 19.0 Å². The molecular weight excluding hydrogens is 246 g/mol. The first-order valence-electron chi connectivity index (χ1n) is 5.98. The van der Waals surface area contributed by atoms with Crippen LogP contribution in [0.15, 0.2) is 24.4 Å². The van der Waals surface area contributed by atoms with Gasteiger partial charge in [0.05, 0.1) is 12.6 Å². The number of carbonyl (C=O) groups is 1. The van der Waals surface area contributed by atoms with Crippen molar-refractivity contribution in [2.24, 2.45) is 5.73 Å². The fourth-order valence-corrected chi connectivity index (χ4v) is 1.80. The van der Waals surface area contributed by atoms with Crippen LogP contribution in [-0.4, -0.2) is 40.3 Å². The number of carbonyl (C=O) groups excluding carboxylic acids is 1. The van der Waals surface area contributed by atoms with Crippen LogP contribution in [0.3, 0.4) is 0 Å². The van der Waals surface area contributed by atoms with Crippen molar-refractivity contribution < 1.29 is 9.53 Å². The number of nitrogens with two attached hydrogens (primary N) is 1. The maximum Gasteiger partial charge on any atom is 0.239 e. The molecule has 2 rings (SSSR count). The molecule has 2 aromatic heterocycles. The summed E-state index contributed by atoms with van der Waals surface area (Å²) in [6.07, 6.45) is 1.85. The van der Waals surface area contributed by atoms with Crippen LogP contribution in [0.4, 0.5) is 0 Å². The average molecular weight is 263 g/mol. The maximum absolute atomic E-state index is 11.8. The summed E-state index contributed by atoms with van der Waals surface area (Å²) >= 11 is 0. The van der Waals surface area contributed by atoms with Crippen LogP contribution in [0.25, 0.3) is 5.65 Å². The van der Waals surface area contributed by atoms with E-state index in [1.807, 2.05) is 35.7 Å². The highest BCUT2D eigenvalue weighted by Crippen LogP contribution is 2.11. The zero-order valence-electron chi connectivity index (χ0n) is 10.9. The summed E-state index contributed by atoms with van der Waals surface area (Å²) in [6.45, 7) is 2.01. The van der Waals surface area contributed by atoms with Crippen LogP contribution in [0.5, 0.6) is 0 Å². The van der Waals surface area contributed by atoms with E-state index in [-0.39, 0.29) is 18.6 Å². The van der Waals surface area contributed by atoms with Gasteiger partial charge in [0, 0.05) is 13.3 Å². The third-order valence-corrected chi connectivity index (χ3v) is 2.77. The standard InChI is InChI=1S/C12H17N5O2/c1-8(14-12(18)9(13)7-19-2)11-16-15-10-5-3-4-6-17(10)11/h3-6,8-9H,7,13H2,1-2H3,(H,14,18). The predicted molar refractivity (Wildman–Crippen MR) is 69.4 cm³/mol. The Morgan fingerprint density at radius 2 is 2.32 bits per heavy atom. The van der Waals surface area contributed by atoms with Crippen molar-refractivity contribution in [1.82, 2.24) is 19.9 Å². The number of nitrogens with one attached hydrogen (secondary N) is 1.